The van der Waals surface area contributed by atoms with Gasteiger partial charge >= 0.3 is 0 Å². The van der Waals surface area contributed by atoms with Crippen molar-refractivity contribution in [1.82, 2.24) is 0 Å². The van der Waals surface area contributed by atoms with Gasteiger partial charge in [-0.05, 0) is 29.7 Å². The normalized spacial score (nSPS) is 12.0. The van der Waals surface area contributed by atoms with E-state index in [4.69, 9.17) is 0 Å². The first-order valence-corrected chi connectivity index (χ1v) is 8.84. The van der Waals surface area contributed by atoms with Crippen LogP contribution < -0.4 is 4.31 Å². The number of amides is 1. The molecule has 0 spiro atoms. The van der Waals surface area contributed by atoms with Crippen LogP contribution in [0.1, 0.15) is 27.2 Å². The molecule has 23 heavy (non-hydrogen) atoms. The Hall–Kier alpha value is -2.14. The number of nitrogens with zero attached hydrogens (tertiary/aromatic N) is 1. The number of hydrogen-bond donors (Lipinski definition) is 0. The molecule has 122 valence electrons. The summed E-state index contributed by atoms with van der Waals surface area (Å²) in [6.07, 6.45) is 0.133. The monoisotopic (exact) mass is 331 g/mol. The first kappa shape index (κ1) is 17.2. The minimum absolute atomic E-state index is 0.103. The molecule has 0 bridgehead atoms. The predicted molar refractivity (Wildman–Crippen MR) is 91.6 cm³/mol. The fourth-order valence-corrected chi connectivity index (χ4v) is 3.65. The van der Waals surface area contributed by atoms with Crippen LogP contribution in [0.4, 0.5) is 5.69 Å². The minimum Gasteiger partial charge on any atom is -0.273 e. The number of rotatable bonds is 4. The molecular weight excluding hydrogens is 310 g/mol. The van der Waals surface area contributed by atoms with Crippen molar-refractivity contribution in [3.8, 4) is 0 Å². The van der Waals surface area contributed by atoms with Crippen molar-refractivity contribution in [3.63, 3.8) is 0 Å². The van der Waals surface area contributed by atoms with Gasteiger partial charge < -0.3 is 0 Å². The van der Waals surface area contributed by atoms with E-state index in [-0.39, 0.29) is 16.7 Å². The summed E-state index contributed by atoms with van der Waals surface area (Å²) in [5.74, 6) is -0.437. The second-order valence-corrected chi connectivity index (χ2v) is 8.34. The molecule has 0 aliphatic carbocycles. The fourth-order valence-electron chi connectivity index (χ4n) is 2.20. The Kier molecular flexibility index (Phi) is 4.90. The zero-order valence-electron chi connectivity index (χ0n) is 13.6. The van der Waals surface area contributed by atoms with Crippen molar-refractivity contribution in [1.29, 1.82) is 0 Å². The van der Waals surface area contributed by atoms with E-state index < -0.39 is 15.9 Å². The van der Waals surface area contributed by atoms with Crippen LogP contribution in [0.5, 0.6) is 0 Å². The van der Waals surface area contributed by atoms with Gasteiger partial charge in [0.05, 0.1) is 10.6 Å². The Balaban J connectivity index is 2.53. The highest BCUT2D eigenvalue weighted by Crippen LogP contribution is 2.28. The average Bonchev–Trinajstić information content (AvgIpc) is 2.47. The first-order valence-electron chi connectivity index (χ1n) is 7.40. The van der Waals surface area contributed by atoms with Crippen LogP contribution in [-0.4, -0.2) is 14.3 Å². The Labute approximate surface area is 137 Å². The summed E-state index contributed by atoms with van der Waals surface area (Å²) in [4.78, 5) is 12.8. The molecule has 0 radical (unpaired) electrons. The quantitative estimate of drug-likeness (QED) is 0.855. The first-order chi connectivity index (χ1) is 10.7. The topological polar surface area (TPSA) is 54.5 Å². The highest BCUT2D eigenvalue weighted by Gasteiger charge is 2.32. The van der Waals surface area contributed by atoms with E-state index in [1.165, 1.54) is 12.1 Å². The summed E-state index contributed by atoms with van der Waals surface area (Å²) >= 11 is 0. The molecule has 0 aliphatic rings. The molecule has 0 unspecified atom stereocenters. The van der Waals surface area contributed by atoms with Crippen LogP contribution in [0, 0.1) is 5.41 Å². The van der Waals surface area contributed by atoms with Crippen LogP contribution in [0.15, 0.2) is 65.6 Å². The Morgan fingerprint density at radius 3 is 1.87 bits per heavy atom. The van der Waals surface area contributed by atoms with Crippen molar-refractivity contribution in [2.24, 2.45) is 5.41 Å². The van der Waals surface area contributed by atoms with Gasteiger partial charge in [-0.25, -0.2) is 12.7 Å². The summed E-state index contributed by atoms with van der Waals surface area (Å²) in [6.45, 7) is 5.72. The van der Waals surface area contributed by atoms with Gasteiger partial charge in [0.1, 0.15) is 0 Å². The standard InChI is InChI=1S/C18H21NO3S/c1-18(2,3)14-17(20)19(15-10-6-4-7-11-15)23(21,22)16-12-8-5-9-13-16/h4-13H,14H2,1-3H3. The molecule has 0 aliphatic heterocycles. The summed E-state index contributed by atoms with van der Waals surface area (Å²) < 4.78 is 26.8. The van der Waals surface area contributed by atoms with Gasteiger partial charge in [0.2, 0.25) is 5.91 Å². The lowest BCUT2D eigenvalue weighted by Gasteiger charge is -2.26. The third-order valence-corrected chi connectivity index (χ3v) is 4.94. The van der Waals surface area contributed by atoms with Crippen LogP contribution >= 0.6 is 0 Å². The maximum Gasteiger partial charge on any atom is 0.270 e. The van der Waals surface area contributed by atoms with Gasteiger partial charge in [0.15, 0.2) is 0 Å². The summed E-state index contributed by atoms with van der Waals surface area (Å²) in [5, 5.41) is 0. The molecule has 2 aromatic rings. The van der Waals surface area contributed by atoms with E-state index in [1.807, 2.05) is 20.8 Å². The Bertz CT molecular complexity index is 763. The van der Waals surface area contributed by atoms with E-state index in [2.05, 4.69) is 0 Å². The Morgan fingerprint density at radius 1 is 0.913 bits per heavy atom. The summed E-state index contributed by atoms with van der Waals surface area (Å²) in [7, 11) is -3.94. The maximum absolute atomic E-state index is 13.0. The number of hydrogen-bond acceptors (Lipinski definition) is 3. The SMILES string of the molecule is CC(C)(C)CC(=O)N(c1ccccc1)S(=O)(=O)c1ccccc1. The van der Waals surface area contributed by atoms with E-state index in [0.717, 1.165) is 4.31 Å². The van der Waals surface area contributed by atoms with Crippen molar-refractivity contribution in [2.75, 3.05) is 4.31 Å². The number of carbonyl (C=O) groups is 1. The molecule has 2 rings (SSSR count). The lowest BCUT2D eigenvalue weighted by Crippen LogP contribution is -2.38. The molecule has 0 saturated carbocycles. The summed E-state index contributed by atoms with van der Waals surface area (Å²) in [6, 6.07) is 16.5. The van der Waals surface area contributed by atoms with Gasteiger partial charge in [0, 0.05) is 6.42 Å². The van der Waals surface area contributed by atoms with E-state index in [9.17, 15) is 13.2 Å². The lowest BCUT2D eigenvalue weighted by atomic mass is 9.92. The van der Waals surface area contributed by atoms with Crippen molar-refractivity contribution < 1.29 is 13.2 Å². The van der Waals surface area contributed by atoms with Gasteiger partial charge in [-0.15, -0.1) is 0 Å². The number of sulfonamides is 1. The summed E-state index contributed by atoms with van der Waals surface area (Å²) in [5.41, 5.74) is 0.0432. The smallest absolute Gasteiger partial charge is 0.270 e. The molecule has 0 atom stereocenters. The number of benzene rings is 2. The number of carbonyl (C=O) groups excluding carboxylic acids is 1. The van der Waals surface area contributed by atoms with Crippen LogP contribution in [0.2, 0.25) is 0 Å². The lowest BCUT2D eigenvalue weighted by molar-refractivity contribution is -0.119. The van der Waals surface area contributed by atoms with E-state index >= 15 is 0 Å². The predicted octanol–water partition coefficient (Wildman–Crippen LogP) is 3.84. The maximum atomic E-state index is 13.0. The third kappa shape index (κ3) is 4.20. The highest BCUT2D eigenvalue weighted by atomic mass is 32.2. The van der Waals surface area contributed by atoms with Crippen molar-refractivity contribution >= 4 is 21.6 Å². The molecule has 4 nitrogen and oxygen atoms in total. The fraction of sp³-hybridized carbons (Fsp3) is 0.278. The highest BCUT2D eigenvalue weighted by molar-refractivity contribution is 7.93. The average molecular weight is 331 g/mol. The second kappa shape index (κ2) is 6.54. The van der Waals surface area contributed by atoms with Gasteiger partial charge in [-0.3, -0.25) is 4.79 Å². The Morgan fingerprint density at radius 2 is 1.39 bits per heavy atom. The van der Waals surface area contributed by atoms with Crippen LogP contribution in [0.25, 0.3) is 0 Å². The van der Waals surface area contributed by atoms with Crippen LogP contribution in [-0.2, 0) is 14.8 Å². The molecule has 0 fully saturated rings. The van der Waals surface area contributed by atoms with E-state index in [1.54, 1.807) is 48.5 Å². The largest absolute Gasteiger partial charge is 0.273 e. The van der Waals surface area contributed by atoms with Gasteiger partial charge in [-0.1, -0.05) is 57.2 Å². The van der Waals surface area contributed by atoms with Gasteiger partial charge in [-0.2, -0.15) is 0 Å². The van der Waals surface area contributed by atoms with Crippen LogP contribution in [0.3, 0.4) is 0 Å². The second-order valence-electron chi connectivity index (χ2n) is 6.55. The molecule has 5 heteroatoms. The minimum atomic E-state index is -3.94. The zero-order valence-corrected chi connectivity index (χ0v) is 14.4. The zero-order chi connectivity index (χ0) is 17.1. The third-order valence-electron chi connectivity index (χ3n) is 3.18. The van der Waals surface area contributed by atoms with E-state index in [0.29, 0.717) is 5.69 Å². The van der Waals surface area contributed by atoms with Crippen molar-refractivity contribution in [2.45, 2.75) is 32.1 Å². The molecule has 0 aromatic heterocycles. The van der Waals surface area contributed by atoms with Crippen molar-refractivity contribution in [3.05, 3.63) is 60.7 Å². The number of para-hydroxylation sites is 1. The molecule has 0 saturated heterocycles. The molecule has 1 amide bonds. The van der Waals surface area contributed by atoms with Gasteiger partial charge in [0.25, 0.3) is 10.0 Å². The number of anilines is 1. The molecule has 0 N–H and O–H groups in total. The molecule has 0 heterocycles. The molecule has 2 aromatic carbocycles. The molecular formula is C18H21NO3S.